The molecule has 0 N–H and O–H groups in total. The van der Waals surface area contributed by atoms with Gasteiger partial charge in [-0.15, -0.1) is 5.73 Å². The molecule has 2 atom stereocenters. The van der Waals surface area contributed by atoms with Crippen molar-refractivity contribution in [1.82, 2.24) is 19.5 Å². The highest BCUT2D eigenvalue weighted by Gasteiger charge is 2.38. The summed E-state index contributed by atoms with van der Waals surface area (Å²) in [5, 5.41) is 0.620. The van der Waals surface area contributed by atoms with Gasteiger partial charge in [-0.05, 0) is 43.5 Å². The Kier molecular flexibility index (Phi) is 5.18. The van der Waals surface area contributed by atoms with Crippen LogP contribution in [-0.4, -0.2) is 32.3 Å². The van der Waals surface area contributed by atoms with Crippen LogP contribution in [0.2, 0.25) is 0 Å². The van der Waals surface area contributed by atoms with Gasteiger partial charge in [0, 0.05) is 54.9 Å². The molecule has 0 radical (unpaired) electrons. The van der Waals surface area contributed by atoms with Gasteiger partial charge in [0.15, 0.2) is 5.65 Å². The van der Waals surface area contributed by atoms with Crippen molar-refractivity contribution in [1.29, 1.82) is 0 Å². The smallest absolute Gasteiger partial charge is 0.373 e. The van der Waals surface area contributed by atoms with E-state index in [9.17, 15) is 18.0 Å². The molecule has 0 aromatic carbocycles. The van der Waals surface area contributed by atoms with E-state index in [4.69, 9.17) is 9.72 Å². The third-order valence-electron chi connectivity index (χ3n) is 6.13. The number of alkyl halides is 3. The van der Waals surface area contributed by atoms with Crippen molar-refractivity contribution in [3.63, 3.8) is 0 Å². The maximum Gasteiger partial charge on any atom is 0.420 e. The monoisotopic (exact) mass is 454 g/mol. The second-order valence-corrected chi connectivity index (χ2v) is 8.50. The molecule has 3 aromatic heterocycles. The van der Waals surface area contributed by atoms with Gasteiger partial charge in [0.2, 0.25) is 5.56 Å². The van der Waals surface area contributed by atoms with E-state index >= 15 is 0 Å². The second kappa shape index (κ2) is 7.93. The van der Waals surface area contributed by atoms with E-state index in [0.29, 0.717) is 47.6 Å². The van der Waals surface area contributed by atoms with Crippen LogP contribution in [0.5, 0.6) is 0 Å². The summed E-state index contributed by atoms with van der Waals surface area (Å²) < 4.78 is 46.4. The zero-order valence-corrected chi connectivity index (χ0v) is 18.1. The molecule has 4 heterocycles. The Hall–Kier alpha value is -3.29. The molecule has 1 fully saturated rings. The first-order valence-corrected chi connectivity index (χ1v) is 10.7. The van der Waals surface area contributed by atoms with E-state index in [2.05, 4.69) is 15.7 Å². The number of hydrogen-bond acceptors (Lipinski definition) is 5. The Morgan fingerprint density at radius 1 is 1.15 bits per heavy atom. The first-order valence-electron chi connectivity index (χ1n) is 10.7. The zero-order valence-electron chi connectivity index (χ0n) is 18.1. The van der Waals surface area contributed by atoms with Crippen LogP contribution in [0.15, 0.2) is 46.6 Å². The van der Waals surface area contributed by atoms with Gasteiger partial charge in [0.25, 0.3) is 0 Å². The van der Waals surface area contributed by atoms with Gasteiger partial charge in [-0.1, -0.05) is 0 Å². The molecule has 0 bridgehead atoms. The summed E-state index contributed by atoms with van der Waals surface area (Å²) in [4.78, 5) is 25.6. The van der Waals surface area contributed by atoms with Crippen LogP contribution in [0.4, 0.5) is 13.2 Å². The van der Waals surface area contributed by atoms with Crippen LogP contribution in [0, 0.1) is 6.92 Å². The van der Waals surface area contributed by atoms with Crippen molar-refractivity contribution >= 4 is 16.6 Å². The Bertz CT molecular complexity index is 1390. The van der Waals surface area contributed by atoms with Crippen LogP contribution in [0.25, 0.3) is 16.6 Å². The first-order chi connectivity index (χ1) is 15.7. The molecule has 1 aliphatic carbocycles. The summed E-state index contributed by atoms with van der Waals surface area (Å²) in [6, 6.07) is 6.86. The molecule has 0 saturated carbocycles. The molecule has 0 unspecified atom stereocenters. The zero-order chi connectivity index (χ0) is 23.3. The minimum Gasteiger partial charge on any atom is -0.373 e. The summed E-state index contributed by atoms with van der Waals surface area (Å²) in [6.45, 7) is 2.33. The number of allylic oxidation sites excluding steroid dienone is 1. The molecule has 9 heteroatoms. The molecule has 2 aliphatic rings. The number of fused-ring (bicyclic) bond motifs is 1. The number of pyridine rings is 2. The van der Waals surface area contributed by atoms with Crippen molar-refractivity contribution < 1.29 is 17.9 Å². The molecule has 6 nitrogen and oxygen atoms in total. The van der Waals surface area contributed by atoms with Gasteiger partial charge in [-0.3, -0.25) is 4.79 Å². The van der Waals surface area contributed by atoms with Gasteiger partial charge in [0.05, 0.1) is 17.4 Å². The topological polar surface area (TPSA) is 69.9 Å². The summed E-state index contributed by atoms with van der Waals surface area (Å²) in [5.74, 6) is 0.488. The van der Waals surface area contributed by atoms with Crippen molar-refractivity contribution in [2.24, 2.45) is 7.05 Å². The molecule has 0 spiro atoms. The average molecular weight is 454 g/mol. The lowest BCUT2D eigenvalue weighted by Gasteiger charge is -2.29. The Morgan fingerprint density at radius 2 is 1.94 bits per heavy atom. The van der Waals surface area contributed by atoms with Crippen molar-refractivity contribution in [2.75, 3.05) is 6.61 Å². The van der Waals surface area contributed by atoms with E-state index in [1.807, 2.05) is 6.92 Å². The fraction of sp³-hybridized carbons (Fsp3) is 0.375. The average Bonchev–Trinajstić information content (AvgIpc) is 2.73. The molecule has 3 aromatic rings. The third-order valence-corrected chi connectivity index (χ3v) is 6.13. The van der Waals surface area contributed by atoms with Crippen molar-refractivity contribution in [2.45, 2.75) is 44.4 Å². The Labute approximate surface area is 187 Å². The molecular formula is C24H21F3N4O2. The quantitative estimate of drug-likeness (QED) is 0.544. The number of aromatic nitrogens is 4. The van der Waals surface area contributed by atoms with Crippen LogP contribution in [-0.2, 0) is 11.8 Å². The summed E-state index contributed by atoms with van der Waals surface area (Å²) >= 11 is 0. The highest BCUT2D eigenvalue weighted by atomic mass is 19.4. The number of aryl methyl sites for hydroxylation is 2. The van der Waals surface area contributed by atoms with Gasteiger partial charge < -0.3 is 9.30 Å². The van der Waals surface area contributed by atoms with Crippen LogP contribution < -0.4 is 5.56 Å². The highest BCUT2D eigenvalue weighted by Crippen LogP contribution is 2.41. The van der Waals surface area contributed by atoms with E-state index in [1.165, 1.54) is 10.6 Å². The Morgan fingerprint density at radius 3 is 2.67 bits per heavy atom. The normalized spacial score (nSPS) is 20.9. The fourth-order valence-corrected chi connectivity index (χ4v) is 4.26. The van der Waals surface area contributed by atoms with Gasteiger partial charge >= 0.3 is 6.18 Å². The predicted octanol–water partition coefficient (Wildman–Crippen LogP) is 4.54. The summed E-state index contributed by atoms with van der Waals surface area (Å²) in [7, 11) is 1.69. The summed E-state index contributed by atoms with van der Waals surface area (Å²) in [6.07, 6.45) is -1.80. The molecule has 170 valence electrons. The molecule has 5 rings (SSSR count). The lowest BCUT2D eigenvalue weighted by Crippen LogP contribution is -2.23. The highest BCUT2D eigenvalue weighted by molar-refractivity contribution is 5.90. The van der Waals surface area contributed by atoms with Crippen LogP contribution in [0.1, 0.15) is 54.1 Å². The number of ether oxygens (including phenoxy) is 1. The van der Waals surface area contributed by atoms with Crippen LogP contribution in [0.3, 0.4) is 0 Å². The van der Waals surface area contributed by atoms with Crippen molar-refractivity contribution in [3.8, 4) is 0 Å². The minimum atomic E-state index is -4.38. The third kappa shape index (κ3) is 4.10. The second-order valence-electron chi connectivity index (χ2n) is 8.50. The molecule has 0 amide bonds. The molecule has 1 aliphatic heterocycles. The van der Waals surface area contributed by atoms with Gasteiger partial charge in [0.1, 0.15) is 5.82 Å². The van der Waals surface area contributed by atoms with Crippen molar-refractivity contribution in [3.05, 3.63) is 74.9 Å². The molecular weight excluding hydrogens is 433 g/mol. The number of halogens is 3. The largest absolute Gasteiger partial charge is 0.420 e. The number of rotatable bonds is 3. The number of nitrogens with zero attached hydrogens (tertiary/aromatic N) is 4. The van der Waals surface area contributed by atoms with E-state index in [0.717, 1.165) is 11.3 Å². The lowest BCUT2D eigenvalue weighted by molar-refractivity contribution is -0.0934. The number of hydrogen-bond donors (Lipinski definition) is 0. The summed E-state index contributed by atoms with van der Waals surface area (Å²) in [5.41, 5.74) is 4.67. The lowest BCUT2D eigenvalue weighted by atomic mass is 9.90. The van der Waals surface area contributed by atoms with E-state index in [1.54, 1.807) is 31.4 Å². The van der Waals surface area contributed by atoms with E-state index < -0.39 is 11.7 Å². The van der Waals surface area contributed by atoms with Gasteiger partial charge in [-0.2, -0.15) is 13.2 Å². The maximum absolute atomic E-state index is 13.0. The first kappa shape index (κ1) is 21.6. The molecule has 33 heavy (non-hydrogen) atoms. The SMILES string of the molecule is Cc1ccc2c(C3=C=C(C(F)(F)F)C3)nc([C@@H]3CCO[C@H](c4ccc(=O)n(C)c4)C3)nc2n1. The van der Waals surface area contributed by atoms with E-state index in [-0.39, 0.29) is 24.0 Å². The molecule has 1 saturated heterocycles. The van der Waals surface area contributed by atoms with Gasteiger partial charge in [-0.25, -0.2) is 15.0 Å². The standard InChI is InChI=1S/C24H21F3N4O2/c1-13-3-5-18-21(16-9-17(10-16)24(25,26)27)29-22(30-23(18)28-13)14-7-8-33-19(11-14)15-4-6-20(32)31(2)12-15/h3-6,12,14,19H,7-9,11H2,1-2H3/t14-,19+/m1/s1. The fourth-order valence-electron chi connectivity index (χ4n) is 4.26. The Balaban J connectivity index is 1.55. The predicted molar refractivity (Wildman–Crippen MR) is 116 cm³/mol. The van der Waals surface area contributed by atoms with Crippen LogP contribution >= 0.6 is 0 Å². The minimum absolute atomic E-state index is 0.0572. The maximum atomic E-state index is 13.0.